The molecule has 4 nitrogen and oxygen atoms in total. The quantitative estimate of drug-likeness (QED) is 0.471. The third kappa shape index (κ3) is 4.11. The van der Waals surface area contributed by atoms with Crippen LogP contribution in [0.1, 0.15) is 29.9 Å². The highest BCUT2D eigenvalue weighted by Gasteiger charge is 2.10. The number of aromatic nitrogens is 2. The molecule has 0 amide bonds. The Balaban J connectivity index is 0.000000921. The van der Waals surface area contributed by atoms with Crippen molar-refractivity contribution >= 4 is 29.5 Å². The summed E-state index contributed by atoms with van der Waals surface area (Å²) in [6.45, 7) is 4.18. The summed E-state index contributed by atoms with van der Waals surface area (Å²) in [5, 5.41) is 0.0934. The molecule has 0 aliphatic carbocycles. The van der Waals surface area contributed by atoms with Gasteiger partial charge in [0.25, 0.3) is 0 Å². The molecular formula is C9H12Cl2N2O2. The van der Waals surface area contributed by atoms with E-state index in [1.165, 1.54) is 7.11 Å². The molecule has 0 bridgehead atoms. The SMILES string of the molecule is CC.COCc1c(Cl)nc(Cl)nc1C=O. The molecule has 0 aliphatic heterocycles. The van der Waals surface area contributed by atoms with E-state index in [0.717, 1.165) is 0 Å². The first-order valence-electron chi connectivity index (χ1n) is 4.35. The van der Waals surface area contributed by atoms with Crippen molar-refractivity contribution in [3.8, 4) is 0 Å². The zero-order chi connectivity index (χ0) is 11.8. The van der Waals surface area contributed by atoms with Crippen molar-refractivity contribution < 1.29 is 9.53 Å². The molecule has 0 spiro atoms. The van der Waals surface area contributed by atoms with Crippen LogP contribution < -0.4 is 0 Å². The summed E-state index contributed by atoms with van der Waals surface area (Å²) in [6.07, 6.45) is 0.563. The number of aldehydes is 1. The molecule has 0 fully saturated rings. The summed E-state index contributed by atoms with van der Waals surface area (Å²) in [5.41, 5.74) is 0.607. The van der Waals surface area contributed by atoms with Crippen molar-refractivity contribution in [2.45, 2.75) is 20.5 Å². The fraction of sp³-hybridized carbons (Fsp3) is 0.444. The van der Waals surface area contributed by atoms with Gasteiger partial charge in [0, 0.05) is 12.7 Å². The second-order valence-corrected chi connectivity index (χ2v) is 2.89. The van der Waals surface area contributed by atoms with Gasteiger partial charge < -0.3 is 4.74 Å². The second-order valence-electron chi connectivity index (χ2n) is 2.20. The topological polar surface area (TPSA) is 52.1 Å². The van der Waals surface area contributed by atoms with Crippen LogP contribution in [0.5, 0.6) is 0 Å². The molecule has 1 aromatic rings. The van der Waals surface area contributed by atoms with Gasteiger partial charge in [0.15, 0.2) is 6.29 Å². The van der Waals surface area contributed by atoms with Gasteiger partial charge in [-0.3, -0.25) is 4.79 Å². The molecule has 0 aromatic carbocycles. The lowest BCUT2D eigenvalue weighted by Gasteiger charge is -2.04. The van der Waals surface area contributed by atoms with Crippen LogP contribution in [0.4, 0.5) is 0 Å². The molecule has 0 aliphatic rings. The first-order valence-corrected chi connectivity index (χ1v) is 5.10. The average molecular weight is 251 g/mol. The zero-order valence-corrected chi connectivity index (χ0v) is 10.3. The van der Waals surface area contributed by atoms with Gasteiger partial charge in [0.05, 0.1) is 6.61 Å². The number of hydrogen-bond donors (Lipinski definition) is 0. The second kappa shape index (κ2) is 7.56. The number of nitrogens with zero attached hydrogens (tertiary/aromatic N) is 2. The number of hydrogen-bond acceptors (Lipinski definition) is 4. The van der Waals surface area contributed by atoms with Gasteiger partial charge in [-0.15, -0.1) is 0 Å². The first-order chi connectivity index (χ1) is 7.19. The van der Waals surface area contributed by atoms with Gasteiger partial charge in [-0.25, -0.2) is 9.97 Å². The predicted octanol–water partition coefficient (Wildman–Crippen LogP) is 2.77. The van der Waals surface area contributed by atoms with Crippen LogP contribution in [0.25, 0.3) is 0 Å². The van der Waals surface area contributed by atoms with Crippen molar-refractivity contribution in [2.75, 3.05) is 7.11 Å². The molecule has 0 unspecified atom stereocenters. The smallest absolute Gasteiger partial charge is 0.224 e. The molecule has 0 saturated heterocycles. The Labute approximate surface area is 98.6 Å². The minimum atomic E-state index is -0.0491. The predicted molar refractivity (Wildman–Crippen MR) is 59.5 cm³/mol. The Morgan fingerprint density at radius 3 is 2.40 bits per heavy atom. The van der Waals surface area contributed by atoms with Crippen molar-refractivity contribution in [1.82, 2.24) is 9.97 Å². The lowest BCUT2D eigenvalue weighted by molar-refractivity contribution is 0.111. The Morgan fingerprint density at radius 1 is 1.33 bits per heavy atom. The van der Waals surface area contributed by atoms with E-state index in [1.54, 1.807) is 0 Å². The monoisotopic (exact) mass is 250 g/mol. The molecule has 0 N–H and O–H groups in total. The van der Waals surface area contributed by atoms with Crippen LogP contribution in [-0.4, -0.2) is 23.4 Å². The van der Waals surface area contributed by atoms with Crippen molar-refractivity contribution in [3.63, 3.8) is 0 Å². The van der Waals surface area contributed by atoms with Crippen molar-refractivity contribution in [3.05, 3.63) is 21.7 Å². The van der Waals surface area contributed by atoms with E-state index in [9.17, 15) is 4.79 Å². The lowest BCUT2D eigenvalue weighted by atomic mass is 10.2. The van der Waals surface area contributed by atoms with Crippen LogP contribution in [0.2, 0.25) is 10.4 Å². The van der Waals surface area contributed by atoms with Crippen molar-refractivity contribution in [1.29, 1.82) is 0 Å². The highest BCUT2D eigenvalue weighted by molar-refractivity contribution is 6.32. The van der Waals surface area contributed by atoms with E-state index in [0.29, 0.717) is 11.8 Å². The molecule has 1 rings (SSSR count). The van der Waals surface area contributed by atoms with Crippen molar-refractivity contribution in [2.24, 2.45) is 0 Å². The molecule has 0 atom stereocenters. The minimum absolute atomic E-state index is 0.0491. The maximum atomic E-state index is 10.5. The zero-order valence-electron chi connectivity index (χ0n) is 8.75. The number of carbonyl (C=O) groups excluding carboxylic acids is 1. The number of carbonyl (C=O) groups is 1. The Hall–Kier alpha value is -0.710. The van der Waals surface area contributed by atoms with E-state index >= 15 is 0 Å². The minimum Gasteiger partial charge on any atom is -0.380 e. The molecule has 0 radical (unpaired) electrons. The summed E-state index contributed by atoms with van der Waals surface area (Å²) >= 11 is 11.2. The first kappa shape index (κ1) is 14.3. The molecular weight excluding hydrogens is 239 g/mol. The summed E-state index contributed by atoms with van der Waals surface area (Å²) in [6, 6.07) is 0. The fourth-order valence-corrected chi connectivity index (χ4v) is 1.27. The van der Waals surface area contributed by atoms with E-state index in [4.69, 9.17) is 27.9 Å². The summed E-state index contributed by atoms with van der Waals surface area (Å²) < 4.78 is 4.82. The van der Waals surface area contributed by atoms with Gasteiger partial charge in [-0.1, -0.05) is 25.4 Å². The largest absolute Gasteiger partial charge is 0.380 e. The molecule has 0 saturated carbocycles. The molecule has 1 heterocycles. The van der Waals surface area contributed by atoms with Crippen LogP contribution >= 0.6 is 23.2 Å². The van der Waals surface area contributed by atoms with Gasteiger partial charge in [0.2, 0.25) is 5.28 Å². The van der Waals surface area contributed by atoms with Crippen LogP contribution in [0.15, 0.2) is 0 Å². The average Bonchev–Trinajstić information content (AvgIpc) is 2.24. The number of methoxy groups -OCH3 is 1. The summed E-state index contributed by atoms with van der Waals surface area (Å²) in [7, 11) is 1.49. The van der Waals surface area contributed by atoms with Gasteiger partial charge in [0.1, 0.15) is 10.8 Å². The highest BCUT2D eigenvalue weighted by atomic mass is 35.5. The van der Waals surface area contributed by atoms with E-state index < -0.39 is 0 Å². The third-order valence-corrected chi connectivity index (χ3v) is 1.84. The highest BCUT2D eigenvalue weighted by Crippen LogP contribution is 2.18. The van der Waals surface area contributed by atoms with E-state index in [1.807, 2.05) is 13.8 Å². The third-order valence-electron chi connectivity index (χ3n) is 1.36. The lowest BCUT2D eigenvalue weighted by Crippen LogP contribution is -2.02. The Kier molecular flexibility index (Phi) is 7.21. The van der Waals surface area contributed by atoms with Crippen LogP contribution in [0, 0.1) is 0 Å². The fourth-order valence-electron chi connectivity index (χ4n) is 0.821. The maximum absolute atomic E-state index is 10.5. The summed E-state index contributed by atoms with van der Waals surface area (Å²) in [5.74, 6) is 0. The molecule has 1 aromatic heterocycles. The Morgan fingerprint density at radius 2 is 1.93 bits per heavy atom. The molecule has 84 valence electrons. The van der Waals surface area contributed by atoms with E-state index in [2.05, 4.69) is 9.97 Å². The van der Waals surface area contributed by atoms with Gasteiger partial charge >= 0.3 is 0 Å². The van der Waals surface area contributed by atoms with Gasteiger partial charge in [-0.2, -0.15) is 0 Å². The molecule has 6 heteroatoms. The summed E-state index contributed by atoms with van der Waals surface area (Å²) in [4.78, 5) is 17.9. The van der Waals surface area contributed by atoms with Crippen LogP contribution in [0.3, 0.4) is 0 Å². The molecule has 15 heavy (non-hydrogen) atoms. The van der Waals surface area contributed by atoms with Gasteiger partial charge in [-0.05, 0) is 11.6 Å². The maximum Gasteiger partial charge on any atom is 0.224 e. The standard InChI is InChI=1S/C7H6Cl2N2O2.C2H6/c1-13-3-4-5(2-12)10-7(9)11-6(4)8;1-2/h2H,3H2,1H3;1-2H3. The number of rotatable bonds is 3. The van der Waals surface area contributed by atoms with Crippen LogP contribution in [-0.2, 0) is 11.3 Å². The number of halogens is 2. The normalized spacial score (nSPS) is 9.13. The Bertz CT molecular complexity index is 332. The number of ether oxygens (including phenoxy) is 1. The van der Waals surface area contributed by atoms with E-state index in [-0.39, 0.29) is 22.7 Å².